The standard InChI is InChI=1S/C14H21NO4S/c1-3-4-5-6-13(14(16)15-17)20(18)12-9-7-11(19-2)8-10-12/h7-10,13,17H,3-6H2,1-2H3,(H,15,16). The maximum absolute atomic E-state index is 12.4. The van der Waals surface area contributed by atoms with E-state index >= 15 is 0 Å². The Morgan fingerprint density at radius 1 is 1.40 bits per heavy atom. The van der Waals surface area contributed by atoms with E-state index in [-0.39, 0.29) is 0 Å². The van der Waals surface area contributed by atoms with Crippen molar-refractivity contribution in [1.82, 2.24) is 5.48 Å². The van der Waals surface area contributed by atoms with Crippen molar-refractivity contribution in [2.24, 2.45) is 0 Å². The Kier molecular flexibility index (Phi) is 7.43. The summed E-state index contributed by atoms with van der Waals surface area (Å²) >= 11 is -1.49. The van der Waals surface area contributed by atoms with Crippen LogP contribution in [-0.2, 0) is 16.0 Å². The first-order valence-electron chi connectivity index (χ1n) is 6.62. The van der Waals surface area contributed by atoms with Crippen molar-refractivity contribution in [2.45, 2.75) is 42.8 Å². The van der Waals surface area contributed by atoms with Gasteiger partial charge in [0.05, 0.1) is 7.11 Å². The SMILES string of the molecule is CCCCCC(C(=O)NO)[S+]([O-])c1ccc(OC)cc1. The molecule has 0 aliphatic heterocycles. The zero-order valence-electron chi connectivity index (χ0n) is 11.8. The van der Waals surface area contributed by atoms with E-state index in [0.717, 1.165) is 19.3 Å². The number of amides is 1. The molecule has 0 saturated carbocycles. The van der Waals surface area contributed by atoms with Crippen molar-refractivity contribution in [1.29, 1.82) is 0 Å². The molecule has 6 heteroatoms. The number of rotatable bonds is 8. The van der Waals surface area contributed by atoms with Crippen molar-refractivity contribution in [3.63, 3.8) is 0 Å². The molecule has 0 fully saturated rings. The lowest BCUT2D eigenvalue weighted by molar-refractivity contribution is -0.128. The van der Waals surface area contributed by atoms with Crippen LogP contribution in [0.15, 0.2) is 29.2 Å². The van der Waals surface area contributed by atoms with E-state index in [1.807, 2.05) is 0 Å². The number of hydroxylamine groups is 1. The maximum atomic E-state index is 12.4. The molecule has 0 spiro atoms. The average Bonchev–Trinajstić information content (AvgIpc) is 2.50. The molecule has 0 saturated heterocycles. The molecule has 20 heavy (non-hydrogen) atoms. The van der Waals surface area contributed by atoms with Crippen LogP contribution in [0.2, 0.25) is 0 Å². The Balaban J connectivity index is 2.79. The number of carbonyl (C=O) groups is 1. The second-order valence-corrected chi connectivity index (χ2v) is 6.07. The molecule has 0 heterocycles. The molecule has 2 unspecified atom stereocenters. The van der Waals surface area contributed by atoms with Gasteiger partial charge in [-0.25, -0.2) is 5.48 Å². The summed E-state index contributed by atoms with van der Waals surface area (Å²) in [5.41, 5.74) is 1.61. The highest BCUT2D eigenvalue weighted by atomic mass is 32.2. The van der Waals surface area contributed by atoms with E-state index < -0.39 is 22.3 Å². The Morgan fingerprint density at radius 3 is 2.55 bits per heavy atom. The number of carbonyl (C=O) groups excluding carboxylic acids is 1. The lowest BCUT2D eigenvalue weighted by Gasteiger charge is -2.19. The van der Waals surface area contributed by atoms with Crippen LogP contribution in [0, 0.1) is 0 Å². The van der Waals surface area contributed by atoms with Gasteiger partial charge in [0.1, 0.15) is 5.75 Å². The van der Waals surface area contributed by atoms with Crippen molar-refractivity contribution in [3.8, 4) is 5.75 Å². The van der Waals surface area contributed by atoms with Gasteiger partial charge in [0, 0.05) is 6.42 Å². The Labute approximate surface area is 122 Å². The van der Waals surface area contributed by atoms with Gasteiger partial charge in [0.2, 0.25) is 5.25 Å². The van der Waals surface area contributed by atoms with Crippen LogP contribution in [0.25, 0.3) is 0 Å². The first-order chi connectivity index (χ1) is 9.63. The van der Waals surface area contributed by atoms with Crippen LogP contribution in [0.4, 0.5) is 0 Å². The van der Waals surface area contributed by atoms with Gasteiger partial charge in [-0.3, -0.25) is 10.0 Å². The van der Waals surface area contributed by atoms with Gasteiger partial charge in [-0.15, -0.1) is 0 Å². The third kappa shape index (κ3) is 4.70. The fourth-order valence-corrected chi connectivity index (χ4v) is 3.22. The molecular weight excluding hydrogens is 278 g/mol. The maximum Gasteiger partial charge on any atom is 0.296 e. The second kappa shape index (κ2) is 8.84. The summed E-state index contributed by atoms with van der Waals surface area (Å²) in [6, 6.07) is 6.75. The lowest BCUT2D eigenvalue weighted by Crippen LogP contribution is -2.38. The number of ether oxygens (including phenoxy) is 1. The van der Waals surface area contributed by atoms with Gasteiger partial charge in [-0.05, 0) is 41.9 Å². The first kappa shape index (κ1) is 16.8. The molecule has 5 nitrogen and oxygen atoms in total. The van der Waals surface area contributed by atoms with Crippen molar-refractivity contribution >= 4 is 17.1 Å². The monoisotopic (exact) mass is 299 g/mol. The number of nitrogens with one attached hydrogen (secondary N) is 1. The molecule has 2 N–H and O–H groups in total. The minimum Gasteiger partial charge on any atom is -0.611 e. The Bertz CT molecular complexity index is 410. The summed E-state index contributed by atoms with van der Waals surface area (Å²) < 4.78 is 17.5. The predicted octanol–water partition coefficient (Wildman–Crippen LogP) is 2.26. The van der Waals surface area contributed by atoms with E-state index in [4.69, 9.17) is 9.94 Å². The molecule has 0 aliphatic rings. The molecular formula is C14H21NO4S. The zero-order valence-corrected chi connectivity index (χ0v) is 12.6. The summed E-state index contributed by atoms with van der Waals surface area (Å²) in [5.74, 6) is 0.0650. The van der Waals surface area contributed by atoms with Gasteiger partial charge in [-0.1, -0.05) is 19.8 Å². The lowest BCUT2D eigenvalue weighted by atomic mass is 10.1. The van der Waals surface area contributed by atoms with E-state index in [2.05, 4.69) is 6.92 Å². The summed E-state index contributed by atoms with van der Waals surface area (Å²) in [7, 11) is 1.55. The number of hydrogen-bond acceptors (Lipinski definition) is 4. The molecule has 1 aromatic rings. The second-order valence-electron chi connectivity index (χ2n) is 4.43. The number of unbranched alkanes of at least 4 members (excludes halogenated alkanes) is 2. The molecule has 2 atom stereocenters. The van der Waals surface area contributed by atoms with Gasteiger partial charge >= 0.3 is 0 Å². The Morgan fingerprint density at radius 2 is 2.05 bits per heavy atom. The largest absolute Gasteiger partial charge is 0.611 e. The number of methoxy groups -OCH3 is 1. The van der Waals surface area contributed by atoms with E-state index in [1.165, 1.54) is 0 Å². The summed E-state index contributed by atoms with van der Waals surface area (Å²) in [5, 5.41) is 8.05. The van der Waals surface area contributed by atoms with Crippen LogP contribution in [0.1, 0.15) is 32.6 Å². The minimum absolute atomic E-state index is 0.485. The number of benzene rings is 1. The van der Waals surface area contributed by atoms with Gasteiger partial charge in [0.25, 0.3) is 5.91 Å². The van der Waals surface area contributed by atoms with Crippen LogP contribution >= 0.6 is 0 Å². The topological polar surface area (TPSA) is 81.6 Å². The first-order valence-corrected chi connectivity index (χ1v) is 7.83. The van der Waals surface area contributed by atoms with Gasteiger partial charge < -0.3 is 9.29 Å². The quantitative estimate of drug-likeness (QED) is 0.334. The average molecular weight is 299 g/mol. The summed E-state index contributed by atoms with van der Waals surface area (Å²) in [4.78, 5) is 12.2. The van der Waals surface area contributed by atoms with E-state index in [9.17, 15) is 9.35 Å². The third-order valence-corrected chi connectivity index (χ3v) is 4.73. The molecule has 1 amide bonds. The van der Waals surface area contributed by atoms with Crippen molar-refractivity contribution in [3.05, 3.63) is 24.3 Å². The van der Waals surface area contributed by atoms with E-state index in [1.54, 1.807) is 36.9 Å². The van der Waals surface area contributed by atoms with Crippen LogP contribution in [-0.4, -0.2) is 28.0 Å². The van der Waals surface area contributed by atoms with Crippen LogP contribution < -0.4 is 10.2 Å². The van der Waals surface area contributed by atoms with Crippen molar-refractivity contribution < 1.29 is 19.3 Å². The van der Waals surface area contributed by atoms with Gasteiger partial charge in [0.15, 0.2) is 4.90 Å². The number of hydrogen-bond donors (Lipinski definition) is 2. The highest BCUT2D eigenvalue weighted by molar-refractivity contribution is 7.92. The normalized spacial score (nSPS) is 13.6. The smallest absolute Gasteiger partial charge is 0.296 e. The fourth-order valence-electron chi connectivity index (χ4n) is 1.86. The molecule has 0 aromatic heterocycles. The molecule has 0 aliphatic carbocycles. The summed E-state index contributed by atoms with van der Waals surface area (Å²) in [6.45, 7) is 2.06. The van der Waals surface area contributed by atoms with Crippen molar-refractivity contribution in [2.75, 3.05) is 7.11 Å². The molecule has 1 rings (SSSR count). The highest BCUT2D eigenvalue weighted by Gasteiger charge is 2.31. The molecule has 0 radical (unpaired) electrons. The van der Waals surface area contributed by atoms with Crippen LogP contribution in [0.5, 0.6) is 5.75 Å². The van der Waals surface area contributed by atoms with E-state index in [0.29, 0.717) is 17.1 Å². The van der Waals surface area contributed by atoms with Gasteiger partial charge in [-0.2, -0.15) is 0 Å². The zero-order chi connectivity index (χ0) is 15.0. The minimum atomic E-state index is -1.49. The molecule has 0 bridgehead atoms. The summed E-state index contributed by atoms with van der Waals surface area (Å²) in [6.07, 6.45) is 3.27. The molecule has 1 aromatic carbocycles. The van der Waals surface area contributed by atoms with Crippen LogP contribution in [0.3, 0.4) is 0 Å². The Hall–Kier alpha value is -1.24. The molecule has 112 valence electrons. The predicted molar refractivity (Wildman–Crippen MR) is 77.3 cm³/mol. The highest BCUT2D eigenvalue weighted by Crippen LogP contribution is 2.23. The fraction of sp³-hybridized carbons (Fsp3) is 0.500. The third-order valence-electron chi connectivity index (χ3n) is 3.02.